The van der Waals surface area contributed by atoms with Gasteiger partial charge in [-0.1, -0.05) is 0 Å². The van der Waals surface area contributed by atoms with Gasteiger partial charge in [-0.25, -0.2) is 0 Å². The number of hydrogen-bond acceptors (Lipinski definition) is 0. The van der Waals surface area contributed by atoms with Gasteiger partial charge in [0, 0.05) is 6.42 Å². The van der Waals surface area contributed by atoms with Gasteiger partial charge in [0.05, 0.1) is 25.2 Å². The third-order valence-electron chi connectivity index (χ3n) is 3.40. The second-order valence-corrected chi connectivity index (χ2v) is 4.98. The van der Waals surface area contributed by atoms with Crippen molar-refractivity contribution in [3.8, 4) is 0 Å². The summed E-state index contributed by atoms with van der Waals surface area (Å²) in [6.07, 6.45) is 1.40. The molecule has 2 heteroatoms. The highest BCUT2D eigenvalue weighted by Gasteiger charge is 2.23. The SMILES string of the molecule is CC(C)[NH+]1CCC[NH+](C(C)C)CC1. The van der Waals surface area contributed by atoms with Crippen LogP contribution in [0.15, 0.2) is 0 Å². The molecule has 78 valence electrons. The minimum atomic E-state index is 0.812. The molecule has 1 aliphatic rings. The van der Waals surface area contributed by atoms with E-state index < -0.39 is 0 Å². The van der Waals surface area contributed by atoms with Crippen LogP contribution in [-0.4, -0.2) is 38.3 Å². The lowest BCUT2D eigenvalue weighted by atomic mass is 10.3. The normalized spacial score (nSPS) is 30.9. The van der Waals surface area contributed by atoms with E-state index in [0.717, 1.165) is 12.1 Å². The van der Waals surface area contributed by atoms with Gasteiger partial charge in [-0.3, -0.25) is 0 Å². The summed E-state index contributed by atoms with van der Waals surface area (Å²) in [4.78, 5) is 3.60. The Morgan fingerprint density at radius 1 is 0.692 bits per heavy atom. The third-order valence-corrected chi connectivity index (χ3v) is 3.40. The Balaban J connectivity index is 2.39. The van der Waals surface area contributed by atoms with Crippen molar-refractivity contribution in [3.63, 3.8) is 0 Å². The molecule has 0 aromatic rings. The fourth-order valence-electron chi connectivity index (χ4n) is 2.27. The van der Waals surface area contributed by atoms with Crippen molar-refractivity contribution in [1.29, 1.82) is 0 Å². The highest BCUT2D eigenvalue weighted by atomic mass is 15.2. The van der Waals surface area contributed by atoms with E-state index in [2.05, 4.69) is 27.7 Å². The first-order valence-electron chi connectivity index (χ1n) is 5.80. The first kappa shape index (κ1) is 11.0. The highest BCUT2D eigenvalue weighted by molar-refractivity contribution is 4.45. The molecule has 1 saturated heterocycles. The zero-order valence-corrected chi connectivity index (χ0v) is 9.69. The van der Waals surface area contributed by atoms with Crippen LogP contribution in [0.4, 0.5) is 0 Å². The molecule has 2 nitrogen and oxygen atoms in total. The Bertz CT molecular complexity index is 127. The average molecular weight is 186 g/mol. The monoisotopic (exact) mass is 186 g/mol. The molecule has 0 amide bonds. The van der Waals surface area contributed by atoms with Crippen LogP contribution in [0.5, 0.6) is 0 Å². The molecular weight excluding hydrogens is 160 g/mol. The van der Waals surface area contributed by atoms with Crippen molar-refractivity contribution >= 4 is 0 Å². The summed E-state index contributed by atoms with van der Waals surface area (Å²) in [7, 11) is 0. The minimum absolute atomic E-state index is 0.812. The van der Waals surface area contributed by atoms with Crippen LogP contribution in [-0.2, 0) is 0 Å². The van der Waals surface area contributed by atoms with E-state index in [1.54, 1.807) is 9.80 Å². The molecule has 2 unspecified atom stereocenters. The largest absolute Gasteiger partial charge is 0.328 e. The molecule has 0 saturated carbocycles. The molecule has 0 spiro atoms. The number of nitrogens with one attached hydrogen (secondary N) is 2. The zero-order valence-electron chi connectivity index (χ0n) is 9.69. The predicted molar refractivity (Wildman–Crippen MR) is 56.3 cm³/mol. The minimum Gasteiger partial charge on any atom is -0.328 e. The lowest BCUT2D eigenvalue weighted by molar-refractivity contribution is -0.959. The molecule has 13 heavy (non-hydrogen) atoms. The van der Waals surface area contributed by atoms with E-state index in [1.807, 2.05) is 0 Å². The van der Waals surface area contributed by atoms with Crippen molar-refractivity contribution in [1.82, 2.24) is 0 Å². The fourth-order valence-corrected chi connectivity index (χ4v) is 2.27. The maximum absolute atomic E-state index is 2.34. The first-order valence-corrected chi connectivity index (χ1v) is 5.80. The summed E-state index contributed by atoms with van der Waals surface area (Å²) in [5.41, 5.74) is 0. The second kappa shape index (κ2) is 4.97. The smallest absolute Gasteiger partial charge is 0.127 e. The number of quaternary nitrogens is 2. The van der Waals surface area contributed by atoms with Crippen LogP contribution in [0.25, 0.3) is 0 Å². The molecule has 0 radical (unpaired) electrons. The van der Waals surface area contributed by atoms with E-state index in [9.17, 15) is 0 Å². The predicted octanol–water partition coefficient (Wildman–Crippen LogP) is -1.02. The van der Waals surface area contributed by atoms with E-state index in [4.69, 9.17) is 0 Å². The summed E-state index contributed by atoms with van der Waals surface area (Å²) in [6, 6.07) is 1.62. The van der Waals surface area contributed by atoms with Crippen LogP contribution in [0.2, 0.25) is 0 Å². The van der Waals surface area contributed by atoms with Gasteiger partial charge in [-0.15, -0.1) is 0 Å². The Labute approximate surface area is 82.9 Å². The Morgan fingerprint density at radius 3 is 1.38 bits per heavy atom. The van der Waals surface area contributed by atoms with Crippen LogP contribution in [0.1, 0.15) is 34.1 Å². The Morgan fingerprint density at radius 2 is 1.08 bits per heavy atom. The highest BCUT2D eigenvalue weighted by Crippen LogP contribution is 1.78. The van der Waals surface area contributed by atoms with E-state index in [0.29, 0.717) is 0 Å². The molecule has 1 aliphatic heterocycles. The lowest BCUT2D eigenvalue weighted by Crippen LogP contribution is -3.20. The van der Waals surface area contributed by atoms with Crippen molar-refractivity contribution in [3.05, 3.63) is 0 Å². The topological polar surface area (TPSA) is 8.88 Å². The van der Waals surface area contributed by atoms with Gasteiger partial charge in [0.1, 0.15) is 13.1 Å². The van der Waals surface area contributed by atoms with Gasteiger partial charge >= 0.3 is 0 Å². The Kier molecular flexibility index (Phi) is 4.20. The van der Waals surface area contributed by atoms with Crippen molar-refractivity contribution in [2.24, 2.45) is 0 Å². The molecule has 1 fully saturated rings. The van der Waals surface area contributed by atoms with Crippen molar-refractivity contribution in [2.75, 3.05) is 26.2 Å². The molecule has 0 aliphatic carbocycles. The summed E-state index contributed by atoms with van der Waals surface area (Å²) >= 11 is 0. The number of hydrogen-bond donors (Lipinski definition) is 2. The van der Waals surface area contributed by atoms with Crippen LogP contribution >= 0.6 is 0 Å². The second-order valence-electron chi connectivity index (χ2n) is 4.98. The van der Waals surface area contributed by atoms with Gasteiger partial charge in [0.25, 0.3) is 0 Å². The van der Waals surface area contributed by atoms with E-state index in [-0.39, 0.29) is 0 Å². The van der Waals surface area contributed by atoms with Gasteiger partial charge in [-0.2, -0.15) is 0 Å². The molecule has 0 bridgehead atoms. The standard InChI is InChI=1S/C11H24N2/c1-10(2)12-6-5-7-13(9-8-12)11(3)4/h10-11H,5-9H2,1-4H3/p+2. The molecule has 0 aromatic carbocycles. The quantitative estimate of drug-likeness (QED) is 0.546. The van der Waals surface area contributed by atoms with Crippen LogP contribution < -0.4 is 9.80 Å². The summed E-state index contributed by atoms with van der Waals surface area (Å²) in [6.45, 7) is 14.9. The van der Waals surface area contributed by atoms with E-state index >= 15 is 0 Å². The molecule has 1 heterocycles. The van der Waals surface area contributed by atoms with Gasteiger partial charge in [0.15, 0.2) is 0 Å². The zero-order chi connectivity index (χ0) is 9.84. The summed E-state index contributed by atoms with van der Waals surface area (Å²) in [5, 5.41) is 0. The maximum Gasteiger partial charge on any atom is 0.127 e. The molecule has 1 rings (SSSR count). The van der Waals surface area contributed by atoms with E-state index in [1.165, 1.54) is 32.6 Å². The summed E-state index contributed by atoms with van der Waals surface area (Å²) < 4.78 is 0. The molecule has 2 atom stereocenters. The molecule has 2 N–H and O–H groups in total. The van der Waals surface area contributed by atoms with Gasteiger partial charge in [0.2, 0.25) is 0 Å². The molecular formula is C11H26N2+2. The Hall–Kier alpha value is -0.0800. The average Bonchev–Trinajstić information content (AvgIpc) is 2.27. The third kappa shape index (κ3) is 3.28. The summed E-state index contributed by atoms with van der Waals surface area (Å²) in [5.74, 6) is 0. The maximum atomic E-state index is 2.34. The fraction of sp³-hybridized carbons (Fsp3) is 1.00. The lowest BCUT2D eigenvalue weighted by Gasteiger charge is -2.22. The molecule has 0 aromatic heterocycles. The number of rotatable bonds is 2. The van der Waals surface area contributed by atoms with Gasteiger partial charge < -0.3 is 9.80 Å². The van der Waals surface area contributed by atoms with Crippen molar-refractivity contribution in [2.45, 2.75) is 46.2 Å². The van der Waals surface area contributed by atoms with Crippen LogP contribution in [0.3, 0.4) is 0 Å². The van der Waals surface area contributed by atoms with Crippen LogP contribution in [0, 0.1) is 0 Å². The van der Waals surface area contributed by atoms with Gasteiger partial charge in [-0.05, 0) is 27.7 Å². The first-order chi connectivity index (χ1) is 6.11. The van der Waals surface area contributed by atoms with Crippen molar-refractivity contribution < 1.29 is 9.80 Å².